The molecule has 2 unspecified atom stereocenters. The van der Waals surface area contributed by atoms with Crippen LogP contribution in [-0.2, 0) is 0 Å². The SMILES string of the molecule is CN1C2CCC1CN(C(=O)c1cccc(Cl)c1N)CC2. The van der Waals surface area contributed by atoms with E-state index in [9.17, 15) is 4.79 Å². The molecule has 2 aliphatic heterocycles. The van der Waals surface area contributed by atoms with E-state index in [1.54, 1.807) is 18.2 Å². The van der Waals surface area contributed by atoms with Crippen molar-refractivity contribution in [3.8, 4) is 0 Å². The summed E-state index contributed by atoms with van der Waals surface area (Å²) in [5.41, 5.74) is 6.86. The molecule has 0 aromatic heterocycles. The molecule has 2 heterocycles. The number of anilines is 1. The molecule has 1 aromatic carbocycles. The lowest BCUT2D eigenvalue weighted by molar-refractivity contribution is 0.0741. The third-order valence-corrected chi connectivity index (χ3v) is 5.05. The van der Waals surface area contributed by atoms with Gasteiger partial charge in [0.1, 0.15) is 0 Å². The zero-order valence-corrected chi connectivity index (χ0v) is 12.4. The molecule has 0 aliphatic carbocycles. The van der Waals surface area contributed by atoms with Crippen molar-refractivity contribution >= 4 is 23.2 Å². The fourth-order valence-corrected chi connectivity index (χ4v) is 3.56. The number of fused-ring (bicyclic) bond motifs is 2. The summed E-state index contributed by atoms with van der Waals surface area (Å²) in [7, 11) is 2.17. The zero-order chi connectivity index (χ0) is 14.3. The molecule has 0 saturated carbocycles. The van der Waals surface area contributed by atoms with Crippen LogP contribution in [0.4, 0.5) is 5.69 Å². The summed E-state index contributed by atoms with van der Waals surface area (Å²) in [6.45, 7) is 1.59. The molecule has 2 atom stereocenters. The van der Waals surface area contributed by atoms with Gasteiger partial charge < -0.3 is 10.6 Å². The number of halogens is 1. The van der Waals surface area contributed by atoms with E-state index >= 15 is 0 Å². The average molecular weight is 294 g/mol. The van der Waals surface area contributed by atoms with Gasteiger partial charge in [0.2, 0.25) is 0 Å². The van der Waals surface area contributed by atoms with Gasteiger partial charge in [-0.3, -0.25) is 9.69 Å². The minimum Gasteiger partial charge on any atom is -0.397 e. The number of likely N-dealkylation sites (tertiary alicyclic amines) is 1. The molecule has 0 radical (unpaired) electrons. The number of carbonyl (C=O) groups is 1. The monoisotopic (exact) mass is 293 g/mol. The Morgan fingerprint density at radius 2 is 2.05 bits per heavy atom. The van der Waals surface area contributed by atoms with E-state index in [0.717, 1.165) is 19.5 Å². The Kier molecular flexibility index (Phi) is 3.61. The number of nitrogen functional groups attached to an aromatic ring is 1. The molecule has 4 nitrogen and oxygen atoms in total. The van der Waals surface area contributed by atoms with Crippen LogP contribution in [0.2, 0.25) is 5.02 Å². The summed E-state index contributed by atoms with van der Waals surface area (Å²) >= 11 is 6.01. The number of benzene rings is 1. The van der Waals surface area contributed by atoms with Crippen LogP contribution in [0.1, 0.15) is 29.6 Å². The van der Waals surface area contributed by atoms with Gasteiger partial charge in [0.25, 0.3) is 5.91 Å². The molecule has 1 amide bonds. The molecule has 2 N–H and O–H groups in total. The molecule has 1 aromatic rings. The Morgan fingerprint density at radius 3 is 2.85 bits per heavy atom. The molecular formula is C15H20ClN3O. The number of amides is 1. The number of para-hydroxylation sites is 1. The molecule has 0 spiro atoms. The maximum atomic E-state index is 12.7. The van der Waals surface area contributed by atoms with Crippen LogP contribution in [0, 0.1) is 0 Å². The van der Waals surface area contributed by atoms with E-state index in [-0.39, 0.29) is 5.91 Å². The van der Waals surface area contributed by atoms with E-state index in [1.165, 1.54) is 12.8 Å². The number of hydrogen-bond donors (Lipinski definition) is 1. The first kappa shape index (κ1) is 13.7. The number of rotatable bonds is 1. The minimum atomic E-state index is 0.00551. The molecule has 2 fully saturated rings. The third-order valence-electron chi connectivity index (χ3n) is 4.72. The molecule has 2 aliphatic rings. The second kappa shape index (κ2) is 5.26. The van der Waals surface area contributed by atoms with Crippen LogP contribution >= 0.6 is 11.6 Å². The smallest absolute Gasteiger partial charge is 0.256 e. The molecular weight excluding hydrogens is 274 g/mol. The van der Waals surface area contributed by atoms with Crippen molar-refractivity contribution in [3.63, 3.8) is 0 Å². The molecule has 3 rings (SSSR count). The van der Waals surface area contributed by atoms with Crippen LogP contribution in [0.5, 0.6) is 0 Å². The van der Waals surface area contributed by atoms with E-state index in [4.69, 9.17) is 17.3 Å². The van der Waals surface area contributed by atoms with E-state index in [1.807, 2.05) is 4.90 Å². The Morgan fingerprint density at radius 1 is 1.30 bits per heavy atom. The Balaban J connectivity index is 1.82. The quantitative estimate of drug-likeness (QED) is 0.808. The first-order chi connectivity index (χ1) is 9.58. The minimum absolute atomic E-state index is 0.00551. The predicted molar refractivity (Wildman–Crippen MR) is 81.0 cm³/mol. The lowest BCUT2D eigenvalue weighted by Gasteiger charge is -2.26. The lowest BCUT2D eigenvalue weighted by Crippen LogP contribution is -2.39. The highest BCUT2D eigenvalue weighted by molar-refractivity contribution is 6.33. The molecule has 2 bridgehead atoms. The maximum Gasteiger partial charge on any atom is 0.256 e. The second-order valence-electron chi connectivity index (χ2n) is 5.79. The van der Waals surface area contributed by atoms with E-state index in [2.05, 4.69) is 11.9 Å². The summed E-state index contributed by atoms with van der Waals surface area (Å²) in [5.74, 6) is 0.00551. The fraction of sp³-hybridized carbons (Fsp3) is 0.533. The summed E-state index contributed by atoms with van der Waals surface area (Å²) in [6, 6.07) is 6.35. The van der Waals surface area contributed by atoms with Crippen LogP contribution < -0.4 is 5.73 Å². The largest absolute Gasteiger partial charge is 0.397 e. The van der Waals surface area contributed by atoms with Gasteiger partial charge in [0.05, 0.1) is 16.3 Å². The van der Waals surface area contributed by atoms with Crippen molar-refractivity contribution < 1.29 is 4.79 Å². The van der Waals surface area contributed by atoms with Crippen LogP contribution in [-0.4, -0.2) is 47.9 Å². The maximum absolute atomic E-state index is 12.7. The average Bonchev–Trinajstić information content (AvgIpc) is 2.66. The zero-order valence-electron chi connectivity index (χ0n) is 11.7. The molecule has 5 heteroatoms. The summed E-state index contributed by atoms with van der Waals surface area (Å²) in [6.07, 6.45) is 3.47. The van der Waals surface area contributed by atoms with Crippen LogP contribution in [0.25, 0.3) is 0 Å². The van der Waals surface area contributed by atoms with Crippen molar-refractivity contribution in [3.05, 3.63) is 28.8 Å². The molecule has 108 valence electrons. The van der Waals surface area contributed by atoms with Gasteiger partial charge in [-0.05, 0) is 38.4 Å². The predicted octanol–water partition coefficient (Wildman–Crippen LogP) is 2.23. The van der Waals surface area contributed by atoms with Crippen LogP contribution in [0.15, 0.2) is 18.2 Å². The Bertz CT molecular complexity index is 534. The first-order valence-electron chi connectivity index (χ1n) is 7.13. The number of hydrogen-bond acceptors (Lipinski definition) is 3. The topological polar surface area (TPSA) is 49.6 Å². The van der Waals surface area contributed by atoms with Crippen molar-refractivity contribution in [2.45, 2.75) is 31.3 Å². The molecule has 2 saturated heterocycles. The van der Waals surface area contributed by atoms with E-state index < -0.39 is 0 Å². The van der Waals surface area contributed by atoms with Crippen molar-refractivity contribution in [1.29, 1.82) is 0 Å². The van der Waals surface area contributed by atoms with Gasteiger partial charge in [-0.2, -0.15) is 0 Å². The van der Waals surface area contributed by atoms with Gasteiger partial charge in [0.15, 0.2) is 0 Å². The van der Waals surface area contributed by atoms with Crippen molar-refractivity contribution in [2.75, 3.05) is 25.9 Å². The van der Waals surface area contributed by atoms with Gasteiger partial charge >= 0.3 is 0 Å². The summed E-state index contributed by atoms with van der Waals surface area (Å²) < 4.78 is 0. The summed E-state index contributed by atoms with van der Waals surface area (Å²) in [5, 5.41) is 0.448. The number of likely N-dealkylation sites (N-methyl/N-ethyl adjacent to an activating group) is 1. The highest BCUT2D eigenvalue weighted by atomic mass is 35.5. The third kappa shape index (κ3) is 2.27. The van der Waals surface area contributed by atoms with Gasteiger partial charge in [0, 0.05) is 25.2 Å². The molecule has 20 heavy (non-hydrogen) atoms. The Hall–Kier alpha value is -1.26. The van der Waals surface area contributed by atoms with Gasteiger partial charge in [-0.15, -0.1) is 0 Å². The number of carbonyl (C=O) groups excluding carboxylic acids is 1. The van der Waals surface area contributed by atoms with Gasteiger partial charge in [-0.25, -0.2) is 0 Å². The van der Waals surface area contributed by atoms with Gasteiger partial charge in [-0.1, -0.05) is 17.7 Å². The fourth-order valence-electron chi connectivity index (χ4n) is 3.39. The van der Waals surface area contributed by atoms with E-state index in [0.29, 0.717) is 28.4 Å². The highest BCUT2D eigenvalue weighted by Crippen LogP contribution is 2.30. The highest BCUT2D eigenvalue weighted by Gasteiger charge is 2.36. The second-order valence-corrected chi connectivity index (χ2v) is 6.20. The number of nitrogens with zero attached hydrogens (tertiary/aromatic N) is 2. The van der Waals surface area contributed by atoms with Crippen LogP contribution in [0.3, 0.4) is 0 Å². The number of nitrogens with two attached hydrogens (primary N) is 1. The summed E-state index contributed by atoms with van der Waals surface area (Å²) in [4.78, 5) is 17.0. The van der Waals surface area contributed by atoms with Crippen molar-refractivity contribution in [2.24, 2.45) is 0 Å². The standard InChI is InChI=1S/C15H20ClN3O/c1-18-10-5-6-11(18)9-19(8-7-10)15(20)12-3-2-4-13(16)14(12)17/h2-4,10-11H,5-9,17H2,1H3. The normalized spacial score (nSPS) is 26.6. The Labute approximate surface area is 124 Å². The lowest BCUT2D eigenvalue weighted by atomic mass is 10.1. The van der Waals surface area contributed by atoms with Crippen molar-refractivity contribution in [1.82, 2.24) is 9.80 Å². The first-order valence-corrected chi connectivity index (χ1v) is 7.51.